The number of aromatic nitrogens is 2. The third-order valence-electron chi connectivity index (χ3n) is 2.40. The predicted molar refractivity (Wildman–Crippen MR) is 51.5 cm³/mol. The minimum Gasteiger partial charge on any atom is -0.412 e. The second kappa shape index (κ2) is 4.48. The molecule has 0 atom stereocenters. The Bertz CT molecular complexity index is 258. The highest BCUT2D eigenvalue weighted by atomic mass is 35.5. The fourth-order valence-corrected chi connectivity index (χ4v) is 1.69. The molecule has 0 saturated carbocycles. The van der Waals surface area contributed by atoms with Crippen LogP contribution in [0, 0.1) is 0 Å². The van der Waals surface area contributed by atoms with Crippen LogP contribution in [0.5, 0.6) is 0 Å². The maximum atomic E-state index is 8.97. The van der Waals surface area contributed by atoms with Crippen LogP contribution in [0.15, 0.2) is 12.4 Å². The molecular formula is C8H14ClN3O. The standard InChI is InChI=1S/C8H13N3O.ClH/c12-11-6-8(5-10-11)7-1-3-9-4-2-7;/h5-7,9,12H,1-4H2;1H. The molecule has 74 valence electrons. The van der Waals surface area contributed by atoms with E-state index in [4.69, 9.17) is 5.21 Å². The summed E-state index contributed by atoms with van der Waals surface area (Å²) < 4.78 is 0. The van der Waals surface area contributed by atoms with Gasteiger partial charge in [-0.05, 0) is 37.4 Å². The maximum absolute atomic E-state index is 8.97. The quantitative estimate of drug-likeness (QED) is 0.670. The van der Waals surface area contributed by atoms with Crippen molar-refractivity contribution < 1.29 is 5.21 Å². The van der Waals surface area contributed by atoms with Crippen LogP contribution in [-0.2, 0) is 0 Å². The summed E-state index contributed by atoms with van der Waals surface area (Å²) in [7, 11) is 0. The summed E-state index contributed by atoms with van der Waals surface area (Å²) in [4.78, 5) is 0.886. The normalized spacial score (nSPS) is 18.2. The Kier molecular flexibility index (Phi) is 3.57. The lowest BCUT2D eigenvalue weighted by molar-refractivity contribution is 0.148. The Labute approximate surface area is 83.3 Å². The van der Waals surface area contributed by atoms with Crippen LogP contribution in [0.4, 0.5) is 0 Å². The first-order valence-electron chi connectivity index (χ1n) is 4.31. The monoisotopic (exact) mass is 203 g/mol. The van der Waals surface area contributed by atoms with Gasteiger partial charge < -0.3 is 10.5 Å². The van der Waals surface area contributed by atoms with E-state index in [0.717, 1.165) is 36.3 Å². The SMILES string of the molecule is Cl.On1cc(C2CCNCC2)cn1. The molecular weight excluding hydrogens is 190 g/mol. The first-order valence-corrected chi connectivity index (χ1v) is 4.31. The van der Waals surface area contributed by atoms with Gasteiger partial charge in [-0.1, -0.05) is 0 Å². The number of piperidine rings is 1. The summed E-state index contributed by atoms with van der Waals surface area (Å²) in [6.07, 6.45) is 5.73. The van der Waals surface area contributed by atoms with Gasteiger partial charge in [0.15, 0.2) is 0 Å². The molecule has 13 heavy (non-hydrogen) atoms. The van der Waals surface area contributed by atoms with Crippen molar-refractivity contribution in [1.29, 1.82) is 0 Å². The van der Waals surface area contributed by atoms with Gasteiger partial charge in [0, 0.05) is 0 Å². The lowest BCUT2D eigenvalue weighted by Crippen LogP contribution is -2.26. The van der Waals surface area contributed by atoms with Crippen LogP contribution in [0.2, 0.25) is 0 Å². The van der Waals surface area contributed by atoms with Gasteiger partial charge >= 0.3 is 0 Å². The van der Waals surface area contributed by atoms with E-state index in [2.05, 4.69) is 10.4 Å². The molecule has 0 aromatic carbocycles. The largest absolute Gasteiger partial charge is 0.412 e. The average Bonchev–Trinajstić information content (AvgIpc) is 2.54. The van der Waals surface area contributed by atoms with Crippen molar-refractivity contribution in [1.82, 2.24) is 15.3 Å². The summed E-state index contributed by atoms with van der Waals surface area (Å²) in [5.74, 6) is 0.576. The minimum atomic E-state index is 0. The number of halogens is 1. The highest BCUT2D eigenvalue weighted by Gasteiger charge is 2.16. The zero-order chi connectivity index (χ0) is 8.39. The molecule has 1 fully saturated rings. The van der Waals surface area contributed by atoms with E-state index in [9.17, 15) is 0 Å². The highest BCUT2D eigenvalue weighted by Crippen LogP contribution is 2.23. The summed E-state index contributed by atoms with van der Waals surface area (Å²) in [5.41, 5.74) is 1.15. The van der Waals surface area contributed by atoms with Gasteiger partial charge in [-0.25, -0.2) is 0 Å². The third kappa shape index (κ3) is 2.35. The highest BCUT2D eigenvalue weighted by molar-refractivity contribution is 5.85. The second-order valence-electron chi connectivity index (χ2n) is 3.22. The van der Waals surface area contributed by atoms with Gasteiger partial charge in [-0.15, -0.1) is 22.4 Å². The molecule has 0 radical (unpaired) electrons. The van der Waals surface area contributed by atoms with E-state index in [1.165, 1.54) is 0 Å². The number of nitrogens with one attached hydrogen (secondary N) is 1. The lowest BCUT2D eigenvalue weighted by Gasteiger charge is -2.20. The van der Waals surface area contributed by atoms with E-state index >= 15 is 0 Å². The van der Waals surface area contributed by atoms with Crippen molar-refractivity contribution in [2.45, 2.75) is 18.8 Å². The molecule has 1 aliphatic rings. The van der Waals surface area contributed by atoms with Gasteiger partial charge in [-0.3, -0.25) is 0 Å². The molecule has 1 aromatic rings. The van der Waals surface area contributed by atoms with Crippen LogP contribution < -0.4 is 5.32 Å². The number of hydrogen-bond donors (Lipinski definition) is 2. The molecule has 2 N–H and O–H groups in total. The van der Waals surface area contributed by atoms with E-state index in [0.29, 0.717) is 5.92 Å². The molecule has 2 heterocycles. The molecule has 1 saturated heterocycles. The third-order valence-corrected chi connectivity index (χ3v) is 2.40. The fourth-order valence-electron chi connectivity index (χ4n) is 1.69. The Morgan fingerprint density at radius 2 is 2.15 bits per heavy atom. The first-order chi connectivity index (χ1) is 5.86. The molecule has 5 heteroatoms. The summed E-state index contributed by atoms with van der Waals surface area (Å²) >= 11 is 0. The van der Waals surface area contributed by atoms with E-state index in [1.54, 1.807) is 12.4 Å². The van der Waals surface area contributed by atoms with Crippen LogP contribution in [0.25, 0.3) is 0 Å². The van der Waals surface area contributed by atoms with Crippen molar-refractivity contribution in [3.63, 3.8) is 0 Å². The van der Waals surface area contributed by atoms with Crippen LogP contribution in [0.3, 0.4) is 0 Å². The molecule has 1 aliphatic heterocycles. The minimum absolute atomic E-state index is 0. The van der Waals surface area contributed by atoms with E-state index < -0.39 is 0 Å². The smallest absolute Gasteiger partial charge is 0.0699 e. The molecule has 0 bridgehead atoms. The van der Waals surface area contributed by atoms with E-state index in [-0.39, 0.29) is 12.4 Å². The summed E-state index contributed by atoms with van der Waals surface area (Å²) in [6.45, 7) is 2.14. The molecule has 2 rings (SSSR count). The van der Waals surface area contributed by atoms with Gasteiger partial charge in [0.2, 0.25) is 0 Å². The molecule has 0 aliphatic carbocycles. The van der Waals surface area contributed by atoms with Crippen molar-refractivity contribution in [2.24, 2.45) is 0 Å². The van der Waals surface area contributed by atoms with Crippen molar-refractivity contribution in [3.05, 3.63) is 18.0 Å². The van der Waals surface area contributed by atoms with Gasteiger partial charge in [0.25, 0.3) is 0 Å². The zero-order valence-electron chi connectivity index (χ0n) is 7.31. The Hall–Kier alpha value is -0.740. The summed E-state index contributed by atoms with van der Waals surface area (Å²) in [5, 5.41) is 16.0. The van der Waals surface area contributed by atoms with Crippen molar-refractivity contribution >= 4 is 12.4 Å². The number of hydrogen-bond acceptors (Lipinski definition) is 3. The molecule has 0 amide bonds. The van der Waals surface area contributed by atoms with Crippen LogP contribution >= 0.6 is 12.4 Å². The predicted octanol–water partition coefficient (Wildman–Crippen LogP) is 1.01. The van der Waals surface area contributed by atoms with Crippen molar-refractivity contribution in [2.75, 3.05) is 13.1 Å². The summed E-state index contributed by atoms with van der Waals surface area (Å²) in [6, 6.07) is 0. The zero-order valence-corrected chi connectivity index (χ0v) is 8.13. The van der Waals surface area contributed by atoms with Gasteiger partial charge in [-0.2, -0.15) is 0 Å². The first kappa shape index (κ1) is 10.3. The number of nitrogens with zero attached hydrogens (tertiary/aromatic N) is 2. The average molecular weight is 204 g/mol. The van der Waals surface area contributed by atoms with Crippen molar-refractivity contribution in [3.8, 4) is 0 Å². The Balaban J connectivity index is 0.000000845. The van der Waals surface area contributed by atoms with E-state index in [1.807, 2.05) is 0 Å². The topological polar surface area (TPSA) is 50.1 Å². The molecule has 0 spiro atoms. The molecule has 1 aromatic heterocycles. The maximum Gasteiger partial charge on any atom is 0.0699 e. The lowest BCUT2D eigenvalue weighted by atomic mass is 9.93. The van der Waals surface area contributed by atoms with Gasteiger partial charge in [0.1, 0.15) is 0 Å². The number of rotatable bonds is 1. The Morgan fingerprint density at radius 1 is 1.46 bits per heavy atom. The van der Waals surface area contributed by atoms with Gasteiger partial charge in [0.05, 0.1) is 12.4 Å². The Morgan fingerprint density at radius 3 is 2.69 bits per heavy atom. The van der Waals surface area contributed by atoms with Crippen LogP contribution in [0.1, 0.15) is 24.3 Å². The second-order valence-corrected chi connectivity index (χ2v) is 3.22. The molecule has 4 nitrogen and oxygen atoms in total. The van der Waals surface area contributed by atoms with Crippen LogP contribution in [-0.4, -0.2) is 28.2 Å². The fraction of sp³-hybridized carbons (Fsp3) is 0.625. The molecule has 0 unspecified atom stereocenters.